The number of amides is 3. The number of nitrogens with one attached hydrogen (secondary N) is 3. The van der Waals surface area contributed by atoms with Gasteiger partial charge in [-0.15, -0.1) is 10.2 Å². The van der Waals surface area contributed by atoms with Gasteiger partial charge in [0.2, 0.25) is 5.82 Å². The quantitative estimate of drug-likeness (QED) is 0.144. The zero-order valence-electron chi connectivity index (χ0n) is 25.1. The number of ether oxygens (including phenoxy) is 1. The highest BCUT2D eigenvalue weighted by atomic mass is 16.5. The Kier molecular flexibility index (Phi) is 9.27. The van der Waals surface area contributed by atoms with Gasteiger partial charge >= 0.3 is 0 Å². The molecule has 1 aliphatic rings. The lowest BCUT2D eigenvalue weighted by molar-refractivity contribution is -0.125. The molecule has 13 nitrogen and oxygen atoms in total. The molecule has 1 aromatic heterocycles. The number of aliphatic hydroxyl groups is 1. The van der Waals surface area contributed by atoms with Gasteiger partial charge in [0, 0.05) is 28.1 Å². The lowest BCUT2D eigenvalue weighted by Crippen LogP contribution is -2.50. The number of carbonyl (C=O) groups excluding carboxylic acids is 3. The zero-order chi connectivity index (χ0) is 32.8. The third-order valence-electron chi connectivity index (χ3n) is 7.79. The molecule has 2 heterocycles. The standard InChI is InChI=1S/C34H32N8O5/c35-26-16-24(15-25(17-26)34(46)42-20-47-19-29(42)22-10-5-2-6-11-22)32(44)37-28(14-21-8-3-1-4-9-21)30(43)33(45)36-27-13-7-12-23(18-27)31-38-40-41-39-31/h1-13,15-18,28-30,43H,14,19-20,35H2,(H,36,45)(H,37,44)(H,38,39,40,41)/t28-,29+,30-/m0/s1. The Bertz CT molecular complexity index is 1850. The summed E-state index contributed by atoms with van der Waals surface area (Å²) in [6, 6.07) is 28.5. The molecular formula is C34H32N8O5. The summed E-state index contributed by atoms with van der Waals surface area (Å²) in [6.45, 7) is 0.432. The van der Waals surface area contributed by atoms with Crippen LogP contribution in [-0.2, 0) is 16.0 Å². The van der Waals surface area contributed by atoms with Crippen molar-refractivity contribution in [3.63, 3.8) is 0 Å². The summed E-state index contributed by atoms with van der Waals surface area (Å²) in [6.07, 6.45) is -1.51. The summed E-state index contributed by atoms with van der Waals surface area (Å²) in [5.41, 5.74) is 9.38. The molecule has 4 aromatic carbocycles. The van der Waals surface area contributed by atoms with E-state index in [1.165, 1.54) is 18.2 Å². The Hall–Kier alpha value is -5.92. The summed E-state index contributed by atoms with van der Waals surface area (Å²) in [7, 11) is 0. The second-order valence-electron chi connectivity index (χ2n) is 11.1. The van der Waals surface area contributed by atoms with Crippen molar-refractivity contribution < 1.29 is 24.2 Å². The van der Waals surface area contributed by atoms with Gasteiger partial charge in [0.15, 0.2) is 6.10 Å². The topological polar surface area (TPSA) is 188 Å². The fourth-order valence-electron chi connectivity index (χ4n) is 5.45. The normalized spacial score (nSPS) is 15.5. The maximum atomic E-state index is 13.7. The van der Waals surface area contributed by atoms with Crippen molar-refractivity contribution in [2.75, 3.05) is 24.4 Å². The van der Waals surface area contributed by atoms with Crippen molar-refractivity contribution in [1.82, 2.24) is 30.8 Å². The third kappa shape index (κ3) is 7.32. The molecule has 0 bridgehead atoms. The molecular weight excluding hydrogens is 600 g/mol. The van der Waals surface area contributed by atoms with Crippen molar-refractivity contribution >= 4 is 29.1 Å². The average Bonchev–Trinajstić information content (AvgIpc) is 3.82. The van der Waals surface area contributed by atoms with Crippen molar-refractivity contribution in [3.8, 4) is 11.4 Å². The number of anilines is 2. The van der Waals surface area contributed by atoms with E-state index in [2.05, 4.69) is 31.3 Å². The van der Waals surface area contributed by atoms with E-state index >= 15 is 0 Å². The van der Waals surface area contributed by atoms with Gasteiger partial charge in [0.1, 0.15) is 6.73 Å². The first-order valence-corrected chi connectivity index (χ1v) is 14.9. The molecule has 238 valence electrons. The van der Waals surface area contributed by atoms with Crippen LogP contribution < -0.4 is 16.4 Å². The van der Waals surface area contributed by atoms with Crippen LogP contribution in [0.15, 0.2) is 103 Å². The number of benzene rings is 4. The Balaban J connectivity index is 1.21. The number of rotatable bonds is 10. The fraction of sp³-hybridized carbons (Fsp3) is 0.176. The maximum absolute atomic E-state index is 13.7. The number of tetrazole rings is 1. The van der Waals surface area contributed by atoms with Crippen LogP contribution in [0.3, 0.4) is 0 Å². The maximum Gasteiger partial charge on any atom is 0.256 e. The van der Waals surface area contributed by atoms with Gasteiger partial charge in [-0.25, -0.2) is 0 Å². The highest BCUT2D eigenvalue weighted by Crippen LogP contribution is 2.28. The van der Waals surface area contributed by atoms with E-state index in [4.69, 9.17) is 10.5 Å². The van der Waals surface area contributed by atoms with E-state index in [0.29, 0.717) is 23.7 Å². The first kappa shape index (κ1) is 31.1. The Labute approximate surface area is 269 Å². The lowest BCUT2D eigenvalue weighted by Gasteiger charge is -2.25. The van der Waals surface area contributed by atoms with Crippen LogP contribution in [0.4, 0.5) is 11.4 Å². The van der Waals surface area contributed by atoms with E-state index in [0.717, 1.165) is 11.1 Å². The van der Waals surface area contributed by atoms with Crippen molar-refractivity contribution in [1.29, 1.82) is 0 Å². The van der Waals surface area contributed by atoms with Crippen LogP contribution in [0.2, 0.25) is 0 Å². The summed E-state index contributed by atoms with van der Waals surface area (Å²) >= 11 is 0. The number of aliphatic hydroxyl groups excluding tert-OH is 1. The number of H-pyrrole nitrogens is 1. The number of nitrogens with two attached hydrogens (primary N) is 1. The van der Waals surface area contributed by atoms with E-state index in [-0.39, 0.29) is 41.9 Å². The molecule has 3 atom stereocenters. The van der Waals surface area contributed by atoms with E-state index in [1.807, 2.05) is 60.7 Å². The molecule has 0 radical (unpaired) electrons. The molecule has 0 aliphatic carbocycles. The molecule has 3 amide bonds. The molecule has 13 heteroatoms. The summed E-state index contributed by atoms with van der Waals surface area (Å²) in [4.78, 5) is 42.2. The first-order valence-electron chi connectivity index (χ1n) is 14.9. The predicted octanol–water partition coefficient (Wildman–Crippen LogP) is 2.96. The van der Waals surface area contributed by atoms with Crippen molar-refractivity contribution in [2.24, 2.45) is 0 Å². The lowest BCUT2D eigenvalue weighted by atomic mass is 9.99. The highest BCUT2D eigenvalue weighted by molar-refractivity contribution is 6.02. The Morgan fingerprint density at radius 3 is 2.45 bits per heavy atom. The van der Waals surface area contributed by atoms with Gasteiger partial charge in [0.25, 0.3) is 17.7 Å². The highest BCUT2D eigenvalue weighted by Gasteiger charge is 2.33. The molecule has 1 fully saturated rings. The van der Waals surface area contributed by atoms with E-state index in [1.54, 1.807) is 29.2 Å². The molecule has 6 rings (SSSR count). The van der Waals surface area contributed by atoms with Crippen LogP contribution in [0.25, 0.3) is 11.4 Å². The van der Waals surface area contributed by atoms with Crippen LogP contribution in [0.5, 0.6) is 0 Å². The Morgan fingerprint density at radius 1 is 0.957 bits per heavy atom. The molecule has 0 unspecified atom stereocenters. The summed E-state index contributed by atoms with van der Waals surface area (Å²) in [5, 5.41) is 30.6. The fourth-order valence-corrected chi connectivity index (χ4v) is 5.45. The predicted molar refractivity (Wildman–Crippen MR) is 173 cm³/mol. The zero-order valence-corrected chi connectivity index (χ0v) is 25.1. The van der Waals surface area contributed by atoms with Crippen LogP contribution in [0.1, 0.15) is 37.9 Å². The second kappa shape index (κ2) is 14.0. The van der Waals surface area contributed by atoms with Crippen molar-refractivity contribution in [3.05, 3.63) is 125 Å². The number of hydrogen-bond donors (Lipinski definition) is 5. The first-order chi connectivity index (χ1) is 22.9. The molecule has 1 saturated heterocycles. The number of hydrogen-bond acceptors (Lipinski definition) is 9. The van der Waals surface area contributed by atoms with Gasteiger partial charge in [-0.1, -0.05) is 72.8 Å². The minimum Gasteiger partial charge on any atom is -0.399 e. The van der Waals surface area contributed by atoms with Crippen LogP contribution in [-0.4, -0.2) is 73.8 Å². The van der Waals surface area contributed by atoms with Crippen LogP contribution >= 0.6 is 0 Å². The Morgan fingerprint density at radius 2 is 1.70 bits per heavy atom. The van der Waals surface area contributed by atoms with Gasteiger partial charge in [0.05, 0.1) is 18.7 Å². The van der Waals surface area contributed by atoms with Gasteiger partial charge in [-0.3, -0.25) is 14.4 Å². The minimum atomic E-state index is -1.65. The van der Waals surface area contributed by atoms with E-state index in [9.17, 15) is 19.5 Å². The molecule has 6 N–H and O–H groups in total. The number of nitrogens with zero attached hydrogens (tertiary/aromatic N) is 4. The molecule has 47 heavy (non-hydrogen) atoms. The summed E-state index contributed by atoms with van der Waals surface area (Å²) < 4.78 is 5.62. The number of carbonyl (C=O) groups is 3. The molecule has 1 aliphatic heterocycles. The number of aromatic nitrogens is 4. The third-order valence-corrected chi connectivity index (χ3v) is 7.79. The number of aromatic amines is 1. The smallest absolute Gasteiger partial charge is 0.256 e. The van der Waals surface area contributed by atoms with Gasteiger partial charge in [-0.2, -0.15) is 5.21 Å². The summed E-state index contributed by atoms with van der Waals surface area (Å²) in [5.74, 6) is -1.36. The largest absolute Gasteiger partial charge is 0.399 e. The van der Waals surface area contributed by atoms with Gasteiger partial charge < -0.3 is 31.1 Å². The number of nitrogen functional groups attached to an aromatic ring is 1. The SMILES string of the molecule is Nc1cc(C(=O)N[C@@H](Cc2ccccc2)[C@H](O)C(=O)Nc2cccc(-c3nn[nH]n3)c2)cc(C(=O)N2COC[C@@H]2c2ccccc2)c1. The monoisotopic (exact) mass is 632 g/mol. The molecule has 0 saturated carbocycles. The molecule has 5 aromatic rings. The second-order valence-corrected chi connectivity index (χ2v) is 11.1. The van der Waals surface area contributed by atoms with Crippen LogP contribution in [0, 0.1) is 0 Å². The van der Waals surface area contributed by atoms with Crippen molar-refractivity contribution in [2.45, 2.75) is 24.6 Å². The molecule has 0 spiro atoms. The van der Waals surface area contributed by atoms with Gasteiger partial charge in [-0.05, 0) is 53.1 Å². The van der Waals surface area contributed by atoms with E-state index < -0.39 is 24.0 Å². The average molecular weight is 633 g/mol. The minimum absolute atomic E-state index is 0.0905.